The van der Waals surface area contributed by atoms with Gasteiger partial charge in [-0.05, 0) is 92.7 Å². The number of anilines is 3. The molecule has 198 valence electrons. The number of nitrogens with zero attached hydrogens (tertiary/aromatic N) is 3. The van der Waals surface area contributed by atoms with Crippen LogP contribution in [0.1, 0.15) is 49.7 Å². The van der Waals surface area contributed by atoms with Crippen LogP contribution in [0.25, 0.3) is 5.57 Å². The molecule has 1 fully saturated rings. The van der Waals surface area contributed by atoms with Gasteiger partial charge in [0.1, 0.15) is 0 Å². The Kier molecular flexibility index (Phi) is 6.65. The van der Waals surface area contributed by atoms with Gasteiger partial charge in [0.15, 0.2) is 5.11 Å². The second-order valence-electron chi connectivity index (χ2n) is 10.3. The van der Waals surface area contributed by atoms with Gasteiger partial charge >= 0.3 is 0 Å². The number of pyridine rings is 1. The summed E-state index contributed by atoms with van der Waals surface area (Å²) in [5.41, 5.74) is 6.31. The van der Waals surface area contributed by atoms with Crippen LogP contribution in [0, 0.1) is 0 Å². The van der Waals surface area contributed by atoms with Gasteiger partial charge in [0, 0.05) is 40.9 Å². The number of thiocarbonyl (C=S) groups is 1. The lowest BCUT2D eigenvalue weighted by molar-refractivity contribution is 0.567. The number of halogens is 1. The molecule has 3 heterocycles. The highest BCUT2D eigenvalue weighted by molar-refractivity contribution is 7.92. The molecule has 1 aromatic heterocycles. The van der Waals surface area contributed by atoms with Crippen molar-refractivity contribution in [1.29, 1.82) is 0 Å². The summed E-state index contributed by atoms with van der Waals surface area (Å²) >= 11 is 12.9. The maximum atomic E-state index is 11.7. The molecule has 10 heteroatoms. The molecule has 2 atom stereocenters. The molecule has 0 spiro atoms. The highest BCUT2D eigenvalue weighted by atomic mass is 35.5. The predicted molar refractivity (Wildman–Crippen MR) is 160 cm³/mol. The van der Waals surface area contributed by atoms with Crippen molar-refractivity contribution < 1.29 is 8.42 Å². The van der Waals surface area contributed by atoms with Crippen molar-refractivity contribution >= 4 is 61.6 Å². The first-order valence-electron chi connectivity index (χ1n) is 12.2. The molecule has 0 bridgehead atoms. The Morgan fingerprint density at radius 3 is 2.47 bits per heavy atom. The number of fused-ring (bicyclic) bond motifs is 1. The van der Waals surface area contributed by atoms with Crippen LogP contribution >= 0.6 is 23.8 Å². The van der Waals surface area contributed by atoms with E-state index in [-0.39, 0.29) is 17.6 Å². The van der Waals surface area contributed by atoms with Crippen LogP contribution < -0.4 is 19.8 Å². The summed E-state index contributed by atoms with van der Waals surface area (Å²) in [4.78, 5) is 8.90. The smallest absolute Gasteiger partial charge is 0.229 e. The number of nitrogens with one attached hydrogen (secondary N) is 2. The van der Waals surface area contributed by atoms with Gasteiger partial charge in [0.25, 0.3) is 0 Å². The number of aromatic nitrogens is 1. The van der Waals surface area contributed by atoms with Crippen LogP contribution in [-0.4, -0.2) is 37.4 Å². The van der Waals surface area contributed by atoms with Crippen molar-refractivity contribution in [2.24, 2.45) is 0 Å². The maximum Gasteiger partial charge on any atom is 0.229 e. The molecule has 3 aromatic rings. The molecule has 38 heavy (non-hydrogen) atoms. The summed E-state index contributed by atoms with van der Waals surface area (Å²) in [6.07, 6.45) is 5.16. The van der Waals surface area contributed by atoms with Crippen LogP contribution in [0.15, 0.2) is 66.9 Å². The van der Waals surface area contributed by atoms with E-state index in [1.54, 1.807) is 18.3 Å². The van der Waals surface area contributed by atoms with Gasteiger partial charge in [-0.25, -0.2) is 8.42 Å². The van der Waals surface area contributed by atoms with Crippen molar-refractivity contribution in [3.8, 4) is 0 Å². The molecule has 2 N–H and O–H groups in total. The number of hydrogen-bond acceptors (Lipinski definition) is 5. The predicted octanol–water partition coefficient (Wildman–Crippen LogP) is 5.92. The number of likely N-dealkylation sites (N-methyl/N-ethyl adjacent to an activating group) is 1. The summed E-state index contributed by atoms with van der Waals surface area (Å²) in [6.45, 7) is 6.49. The summed E-state index contributed by atoms with van der Waals surface area (Å²) < 4.78 is 25.9. The molecule has 0 aliphatic carbocycles. The Bertz CT molecular complexity index is 1540. The van der Waals surface area contributed by atoms with E-state index in [4.69, 9.17) is 23.8 Å². The lowest BCUT2D eigenvalue weighted by Crippen LogP contribution is -2.42. The molecule has 2 aromatic carbocycles. The summed E-state index contributed by atoms with van der Waals surface area (Å²) in [6, 6.07) is 16.6. The Morgan fingerprint density at radius 2 is 1.84 bits per heavy atom. The topological polar surface area (TPSA) is 77.6 Å². The number of sulfonamides is 1. The lowest BCUT2D eigenvalue weighted by atomic mass is 9.86. The molecular formula is C28H30ClN5O2S2. The molecule has 0 saturated carbocycles. The van der Waals surface area contributed by atoms with E-state index >= 15 is 0 Å². The molecule has 1 saturated heterocycles. The maximum absolute atomic E-state index is 11.7. The highest BCUT2D eigenvalue weighted by Crippen LogP contribution is 2.48. The van der Waals surface area contributed by atoms with Crippen LogP contribution in [0.2, 0.25) is 5.02 Å². The first kappa shape index (κ1) is 26.5. The zero-order valence-corrected chi connectivity index (χ0v) is 24.2. The molecule has 2 aliphatic heterocycles. The Labute approximate surface area is 234 Å². The fourth-order valence-electron chi connectivity index (χ4n) is 5.27. The van der Waals surface area contributed by atoms with Gasteiger partial charge in [0.05, 0.1) is 29.6 Å². The molecule has 0 radical (unpaired) electrons. The first-order valence-corrected chi connectivity index (χ1v) is 14.9. The van der Waals surface area contributed by atoms with Crippen molar-refractivity contribution in [1.82, 2.24) is 10.3 Å². The van der Waals surface area contributed by atoms with E-state index in [9.17, 15) is 8.42 Å². The molecule has 0 unspecified atom stereocenters. The zero-order chi connectivity index (χ0) is 27.4. The molecule has 0 amide bonds. The summed E-state index contributed by atoms with van der Waals surface area (Å²) in [5.74, 6) is 0. The highest BCUT2D eigenvalue weighted by Gasteiger charge is 2.42. The van der Waals surface area contributed by atoms with Crippen molar-refractivity contribution in [3.63, 3.8) is 0 Å². The average Bonchev–Trinajstić information content (AvgIpc) is 3.19. The molecule has 5 rings (SSSR count). The normalized spacial score (nSPS) is 20.6. The van der Waals surface area contributed by atoms with Crippen LogP contribution in [-0.2, 0) is 10.0 Å². The fourth-order valence-corrected chi connectivity index (χ4v) is 6.45. The Morgan fingerprint density at radius 1 is 1.13 bits per heavy atom. The van der Waals surface area contributed by atoms with Gasteiger partial charge in [-0.3, -0.25) is 9.71 Å². The summed E-state index contributed by atoms with van der Waals surface area (Å²) in [7, 11) is -1.31. The van der Waals surface area contributed by atoms with Gasteiger partial charge < -0.3 is 15.1 Å². The number of hydrogen-bond donors (Lipinski definition) is 2. The quantitative estimate of drug-likeness (QED) is 0.371. The fraction of sp³-hybridized carbons (Fsp3) is 0.286. The summed E-state index contributed by atoms with van der Waals surface area (Å²) in [5, 5.41) is 4.63. The molecule has 7 nitrogen and oxygen atoms in total. The van der Waals surface area contributed by atoms with Crippen molar-refractivity contribution in [2.75, 3.05) is 27.8 Å². The second-order valence-corrected chi connectivity index (χ2v) is 12.9. The minimum atomic E-state index is -3.39. The van der Waals surface area contributed by atoms with Crippen LogP contribution in [0.5, 0.6) is 0 Å². The third-order valence-corrected chi connectivity index (χ3v) is 8.45. The minimum Gasteiger partial charge on any atom is -0.365 e. The first-order chi connectivity index (χ1) is 17.9. The number of benzene rings is 2. The second kappa shape index (κ2) is 9.55. The van der Waals surface area contributed by atoms with Crippen LogP contribution in [0.3, 0.4) is 0 Å². The van der Waals surface area contributed by atoms with Gasteiger partial charge in [0.2, 0.25) is 10.0 Å². The monoisotopic (exact) mass is 567 g/mol. The van der Waals surface area contributed by atoms with Crippen molar-refractivity contribution in [2.45, 2.75) is 38.4 Å². The molecule has 2 aliphatic rings. The van der Waals surface area contributed by atoms with E-state index in [1.807, 2.05) is 41.3 Å². The van der Waals surface area contributed by atoms with Crippen LogP contribution in [0.4, 0.5) is 17.1 Å². The van der Waals surface area contributed by atoms with E-state index in [0.29, 0.717) is 15.8 Å². The van der Waals surface area contributed by atoms with Gasteiger partial charge in [-0.2, -0.15) is 0 Å². The lowest BCUT2D eigenvalue weighted by Gasteiger charge is -2.41. The van der Waals surface area contributed by atoms with E-state index in [2.05, 4.69) is 59.9 Å². The third kappa shape index (κ3) is 4.86. The van der Waals surface area contributed by atoms with E-state index in [1.165, 1.54) is 5.57 Å². The van der Waals surface area contributed by atoms with Gasteiger partial charge in [-0.15, -0.1) is 0 Å². The number of allylic oxidation sites excluding steroid dienone is 1. The van der Waals surface area contributed by atoms with Crippen molar-refractivity contribution in [3.05, 3.63) is 88.7 Å². The standard InChI is InChI=1S/C28H30ClN5O2S2/c1-17-16-28(2,3)33(4)24-15-22(29)21(14-20(17)24)26-25(23-8-6-7-13-30-23)31-27(37)34(26)19-11-9-18(10-12-19)32-38(5,35)36/h6-16,25-26,32H,1-5H3,(H,31,37)/t25-,26-/m1/s1. The average molecular weight is 568 g/mol. The van der Waals surface area contributed by atoms with E-state index < -0.39 is 10.0 Å². The van der Waals surface area contributed by atoms with Gasteiger partial charge in [-0.1, -0.05) is 23.7 Å². The largest absolute Gasteiger partial charge is 0.365 e. The minimum absolute atomic E-state index is 0.136. The Hall–Kier alpha value is -3.14. The Balaban J connectivity index is 1.65. The zero-order valence-electron chi connectivity index (χ0n) is 21.9. The SMILES string of the molecule is CC1=CC(C)(C)N(C)c2cc(Cl)c([C@@H]3[C@@H](c4ccccn4)NC(=S)N3c3ccc(NS(C)(=O)=O)cc3)cc21. The molecular weight excluding hydrogens is 538 g/mol. The number of rotatable bonds is 5. The third-order valence-electron chi connectivity index (χ3n) is 7.20. The van der Waals surface area contributed by atoms with E-state index in [0.717, 1.165) is 34.5 Å².